The molecule has 1 unspecified atom stereocenters. The SMILES string of the molecule is O=C(O)N1C(=O)CN(CCc2ccccc2)C1CC[C@@](O)(c1ccccc1)c1c(Cl)cccc1Cl. The maximum atomic E-state index is 12.6. The van der Waals surface area contributed by atoms with E-state index in [0.717, 1.165) is 10.5 Å². The fraction of sp³-hybridized carbons (Fsp3) is 0.259. The van der Waals surface area contributed by atoms with Crippen LogP contribution in [0.4, 0.5) is 4.79 Å². The van der Waals surface area contributed by atoms with Gasteiger partial charge in [-0.1, -0.05) is 89.9 Å². The third-order valence-electron chi connectivity index (χ3n) is 6.46. The van der Waals surface area contributed by atoms with E-state index in [1.807, 2.05) is 41.3 Å². The summed E-state index contributed by atoms with van der Waals surface area (Å²) in [5.74, 6) is -0.477. The summed E-state index contributed by atoms with van der Waals surface area (Å²) in [4.78, 5) is 27.3. The summed E-state index contributed by atoms with van der Waals surface area (Å²) in [5, 5.41) is 22.4. The second kappa shape index (κ2) is 10.8. The van der Waals surface area contributed by atoms with Crippen LogP contribution < -0.4 is 0 Å². The van der Waals surface area contributed by atoms with Crippen LogP contribution in [-0.2, 0) is 16.8 Å². The number of nitrogens with zero attached hydrogens (tertiary/aromatic N) is 2. The van der Waals surface area contributed by atoms with Crippen LogP contribution in [0.2, 0.25) is 10.0 Å². The number of benzene rings is 3. The fourth-order valence-corrected chi connectivity index (χ4v) is 5.44. The summed E-state index contributed by atoms with van der Waals surface area (Å²) < 4.78 is 0. The lowest BCUT2D eigenvalue weighted by Gasteiger charge is -2.34. The molecule has 1 saturated heterocycles. The smallest absolute Gasteiger partial charge is 0.415 e. The molecule has 1 aliphatic rings. The van der Waals surface area contributed by atoms with E-state index in [-0.39, 0.29) is 19.4 Å². The van der Waals surface area contributed by atoms with Crippen LogP contribution in [0, 0.1) is 0 Å². The van der Waals surface area contributed by atoms with E-state index in [9.17, 15) is 19.8 Å². The van der Waals surface area contributed by atoms with Crippen molar-refractivity contribution in [3.05, 3.63) is 106 Å². The highest BCUT2D eigenvalue weighted by Gasteiger charge is 2.44. The first-order valence-corrected chi connectivity index (χ1v) is 12.1. The van der Waals surface area contributed by atoms with Crippen LogP contribution in [0.5, 0.6) is 0 Å². The monoisotopic (exact) mass is 512 g/mol. The molecule has 0 aromatic heterocycles. The van der Waals surface area contributed by atoms with Gasteiger partial charge in [-0.25, -0.2) is 9.69 Å². The van der Waals surface area contributed by atoms with Crippen molar-refractivity contribution in [3.8, 4) is 0 Å². The van der Waals surface area contributed by atoms with Crippen molar-refractivity contribution in [3.63, 3.8) is 0 Å². The van der Waals surface area contributed by atoms with E-state index in [4.69, 9.17) is 23.2 Å². The molecule has 2 atom stereocenters. The third-order valence-corrected chi connectivity index (χ3v) is 7.09. The Morgan fingerprint density at radius 1 is 0.943 bits per heavy atom. The fourth-order valence-electron chi connectivity index (χ4n) is 4.73. The molecular formula is C27H26Cl2N2O4. The van der Waals surface area contributed by atoms with Crippen molar-refractivity contribution >= 4 is 35.2 Å². The predicted octanol–water partition coefficient (Wildman–Crippen LogP) is 5.40. The molecule has 1 fully saturated rings. The average molecular weight is 513 g/mol. The molecule has 0 bridgehead atoms. The quantitative estimate of drug-likeness (QED) is 0.422. The molecule has 35 heavy (non-hydrogen) atoms. The molecule has 182 valence electrons. The van der Waals surface area contributed by atoms with Gasteiger partial charge in [0, 0.05) is 22.2 Å². The Morgan fingerprint density at radius 3 is 2.14 bits per heavy atom. The van der Waals surface area contributed by atoms with E-state index >= 15 is 0 Å². The van der Waals surface area contributed by atoms with E-state index in [1.165, 1.54) is 0 Å². The predicted molar refractivity (Wildman–Crippen MR) is 136 cm³/mol. The van der Waals surface area contributed by atoms with Gasteiger partial charge in [0.25, 0.3) is 0 Å². The Balaban J connectivity index is 1.64. The molecule has 6 nitrogen and oxygen atoms in total. The molecule has 0 spiro atoms. The summed E-state index contributed by atoms with van der Waals surface area (Å²) in [7, 11) is 0. The van der Waals surface area contributed by atoms with Gasteiger partial charge in [-0.15, -0.1) is 0 Å². The van der Waals surface area contributed by atoms with Crippen molar-refractivity contribution in [2.24, 2.45) is 0 Å². The van der Waals surface area contributed by atoms with Gasteiger partial charge in [-0.05, 0) is 42.5 Å². The highest BCUT2D eigenvalue weighted by molar-refractivity contribution is 6.36. The highest BCUT2D eigenvalue weighted by Crippen LogP contribution is 2.42. The highest BCUT2D eigenvalue weighted by atomic mass is 35.5. The molecule has 8 heteroatoms. The van der Waals surface area contributed by atoms with E-state index in [1.54, 1.807) is 42.5 Å². The molecule has 0 radical (unpaired) electrons. The number of rotatable bonds is 8. The summed E-state index contributed by atoms with van der Waals surface area (Å²) in [5.41, 5.74) is 0.446. The first-order chi connectivity index (χ1) is 16.8. The van der Waals surface area contributed by atoms with Gasteiger partial charge in [0.2, 0.25) is 5.91 Å². The van der Waals surface area contributed by atoms with Crippen molar-refractivity contribution in [2.75, 3.05) is 13.1 Å². The zero-order valence-corrected chi connectivity index (χ0v) is 20.5. The van der Waals surface area contributed by atoms with Gasteiger partial charge in [0.1, 0.15) is 5.60 Å². The number of carboxylic acid groups (broad SMARTS) is 1. The van der Waals surface area contributed by atoms with Crippen LogP contribution >= 0.6 is 23.2 Å². The number of hydrogen-bond donors (Lipinski definition) is 2. The van der Waals surface area contributed by atoms with E-state index < -0.39 is 23.8 Å². The van der Waals surface area contributed by atoms with Crippen molar-refractivity contribution < 1.29 is 19.8 Å². The Labute approximate surface area is 214 Å². The van der Waals surface area contributed by atoms with Crippen LogP contribution in [0.15, 0.2) is 78.9 Å². The normalized spacial score (nSPS) is 18.0. The molecule has 3 aromatic rings. The summed E-state index contributed by atoms with van der Waals surface area (Å²) >= 11 is 13.0. The second-order valence-corrected chi connectivity index (χ2v) is 9.41. The number of hydrogen-bond acceptors (Lipinski definition) is 4. The maximum absolute atomic E-state index is 12.6. The topological polar surface area (TPSA) is 81.1 Å². The Morgan fingerprint density at radius 2 is 1.54 bits per heavy atom. The van der Waals surface area contributed by atoms with E-state index in [2.05, 4.69) is 0 Å². The zero-order chi connectivity index (χ0) is 25.0. The molecule has 0 saturated carbocycles. The molecule has 2 amide bonds. The van der Waals surface area contributed by atoms with Crippen molar-refractivity contribution in [2.45, 2.75) is 31.0 Å². The lowest BCUT2D eigenvalue weighted by Crippen LogP contribution is -2.44. The number of aliphatic hydroxyl groups is 1. The van der Waals surface area contributed by atoms with Gasteiger partial charge >= 0.3 is 6.09 Å². The first kappa shape index (κ1) is 25.2. The number of carbonyl (C=O) groups excluding carboxylic acids is 1. The standard InChI is InChI=1S/C27H26Cl2N2O4/c28-21-12-7-13-22(29)25(21)27(35,20-10-5-2-6-11-20)16-14-23-30(18-24(32)31(23)26(33)34)17-15-19-8-3-1-4-9-19/h1-13,23,35H,14-18H2,(H,33,34)/t23?,27-/m1/s1. The second-order valence-electron chi connectivity index (χ2n) is 8.59. The van der Waals surface area contributed by atoms with Crippen molar-refractivity contribution in [1.82, 2.24) is 9.80 Å². The number of halogens is 2. The maximum Gasteiger partial charge on any atom is 0.415 e. The van der Waals surface area contributed by atoms with Gasteiger partial charge in [-0.2, -0.15) is 0 Å². The minimum atomic E-state index is -1.59. The molecule has 0 aliphatic carbocycles. The third kappa shape index (κ3) is 5.36. The van der Waals surface area contributed by atoms with Crippen LogP contribution in [0.3, 0.4) is 0 Å². The molecule has 1 aliphatic heterocycles. The Hall–Kier alpha value is -2.90. The Kier molecular flexibility index (Phi) is 7.77. The van der Waals surface area contributed by atoms with Crippen molar-refractivity contribution in [1.29, 1.82) is 0 Å². The lowest BCUT2D eigenvalue weighted by atomic mass is 9.82. The molecule has 2 N–H and O–H groups in total. The summed E-state index contributed by atoms with van der Waals surface area (Å²) in [6.07, 6.45) is -1.07. The van der Waals surface area contributed by atoms with Gasteiger partial charge in [0.15, 0.2) is 0 Å². The average Bonchev–Trinajstić information content (AvgIpc) is 3.17. The molecular weight excluding hydrogens is 487 g/mol. The molecule has 3 aromatic carbocycles. The first-order valence-electron chi connectivity index (χ1n) is 11.4. The lowest BCUT2D eigenvalue weighted by molar-refractivity contribution is -0.126. The number of imide groups is 1. The van der Waals surface area contributed by atoms with Gasteiger partial charge < -0.3 is 10.2 Å². The van der Waals surface area contributed by atoms with E-state index in [0.29, 0.717) is 34.1 Å². The zero-order valence-electron chi connectivity index (χ0n) is 19.0. The minimum absolute atomic E-state index is 0.000412. The number of amides is 2. The van der Waals surface area contributed by atoms with Gasteiger partial charge in [-0.3, -0.25) is 9.69 Å². The van der Waals surface area contributed by atoms with Crippen LogP contribution in [0.25, 0.3) is 0 Å². The number of carbonyl (C=O) groups is 2. The minimum Gasteiger partial charge on any atom is -0.465 e. The molecule has 4 rings (SSSR count). The summed E-state index contributed by atoms with van der Waals surface area (Å²) in [6.45, 7) is 0.501. The summed E-state index contributed by atoms with van der Waals surface area (Å²) in [6, 6.07) is 23.8. The van der Waals surface area contributed by atoms with Gasteiger partial charge in [0.05, 0.1) is 12.7 Å². The molecule has 1 heterocycles. The van der Waals surface area contributed by atoms with Crippen LogP contribution in [-0.4, -0.2) is 51.3 Å². The largest absolute Gasteiger partial charge is 0.465 e. The Bertz CT molecular complexity index is 1170. The van der Waals surface area contributed by atoms with Crippen LogP contribution in [0.1, 0.15) is 29.5 Å².